The third-order valence-electron chi connectivity index (χ3n) is 6.93. The maximum Gasteiger partial charge on any atom is 0.407 e. The van der Waals surface area contributed by atoms with Crippen LogP contribution in [0.5, 0.6) is 5.88 Å². The number of carbonyl (C=O) groups excluding carboxylic acids is 2. The molecule has 0 aliphatic carbocycles. The summed E-state index contributed by atoms with van der Waals surface area (Å²) in [6, 6.07) is 5.64. The Morgan fingerprint density at radius 3 is 2.48 bits per heavy atom. The number of anilines is 1. The lowest BCUT2D eigenvalue weighted by Crippen LogP contribution is -2.46. The molecule has 0 bridgehead atoms. The number of hydrogen-bond acceptors (Lipinski definition) is 7. The molecule has 220 valence electrons. The minimum absolute atomic E-state index is 0.143. The maximum atomic E-state index is 14.6. The van der Waals surface area contributed by atoms with Gasteiger partial charge in [-0.1, -0.05) is 0 Å². The Hall–Kier alpha value is -4.61. The summed E-state index contributed by atoms with van der Waals surface area (Å²) in [5.74, 6) is -2.22. The molecule has 1 aliphatic rings. The van der Waals surface area contributed by atoms with Crippen molar-refractivity contribution in [2.75, 3.05) is 25.1 Å². The van der Waals surface area contributed by atoms with Gasteiger partial charge in [-0.25, -0.2) is 27.9 Å². The number of fused-ring (bicyclic) bond motifs is 1. The first-order chi connectivity index (χ1) is 20.0. The lowest BCUT2D eigenvalue weighted by molar-refractivity contribution is 0.0497. The number of pyridine rings is 1. The summed E-state index contributed by atoms with van der Waals surface area (Å²) in [6.07, 6.45) is 2.71. The summed E-state index contributed by atoms with van der Waals surface area (Å²) in [6.45, 7) is 6.26. The van der Waals surface area contributed by atoms with E-state index in [0.717, 1.165) is 12.1 Å². The molecule has 0 saturated carbocycles. The van der Waals surface area contributed by atoms with Crippen LogP contribution in [0.3, 0.4) is 0 Å². The standard InChI is InChI=1S/C30H30F3N5O4/c1-30(2,3)42-29(40)35-18-7-9-38(10-8-18)26-20(27-36-23-12-21(32)22(33)13-24(23)37-27)14-34-28(41-4)25(26)19-11-17(31)6-5-16(19)15-39/h5-6,11-15,18H,7-10H2,1-4H3,(H,35,40)(H,36,37). The Morgan fingerprint density at radius 1 is 1.10 bits per heavy atom. The zero-order chi connectivity index (χ0) is 30.2. The van der Waals surface area contributed by atoms with Gasteiger partial charge in [0.15, 0.2) is 17.9 Å². The lowest BCUT2D eigenvalue weighted by atomic mass is 9.95. The van der Waals surface area contributed by atoms with E-state index in [0.29, 0.717) is 49.0 Å². The van der Waals surface area contributed by atoms with Crippen molar-refractivity contribution in [1.82, 2.24) is 20.3 Å². The van der Waals surface area contributed by atoms with Crippen LogP contribution in [0.4, 0.5) is 23.7 Å². The number of nitrogens with one attached hydrogen (secondary N) is 2. The molecule has 1 aliphatic heterocycles. The second kappa shape index (κ2) is 11.3. The van der Waals surface area contributed by atoms with E-state index in [2.05, 4.69) is 20.3 Å². The van der Waals surface area contributed by atoms with Gasteiger partial charge in [0, 0.05) is 48.6 Å². The third kappa shape index (κ3) is 5.88. The summed E-state index contributed by atoms with van der Waals surface area (Å²) in [5.41, 5.74) is 1.64. The van der Waals surface area contributed by atoms with Gasteiger partial charge in [-0.3, -0.25) is 4.79 Å². The van der Waals surface area contributed by atoms with Crippen LogP contribution >= 0.6 is 0 Å². The first-order valence-electron chi connectivity index (χ1n) is 13.4. The highest BCUT2D eigenvalue weighted by atomic mass is 19.2. The van der Waals surface area contributed by atoms with Gasteiger partial charge in [0.2, 0.25) is 5.88 Å². The molecule has 2 aromatic carbocycles. The van der Waals surface area contributed by atoms with Crippen LogP contribution in [0.2, 0.25) is 0 Å². The van der Waals surface area contributed by atoms with E-state index in [1.54, 1.807) is 20.8 Å². The van der Waals surface area contributed by atoms with Crippen LogP contribution < -0.4 is 15.0 Å². The first-order valence-corrected chi connectivity index (χ1v) is 13.4. The monoisotopic (exact) mass is 581 g/mol. The second-order valence-corrected chi connectivity index (χ2v) is 11.0. The largest absolute Gasteiger partial charge is 0.480 e. The van der Waals surface area contributed by atoms with Crippen molar-refractivity contribution in [2.24, 2.45) is 0 Å². The topological polar surface area (TPSA) is 109 Å². The highest BCUT2D eigenvalue weighted by Crippen LogP contribution is 2.45. The molecule has 0 spiro atoms. The normalized spacial score (nSPS) is 14.2. The van der Waals surface area contributed by atoms with Crippen molar-refractivity contribution < 1.29 is 32.2 Å². The van der Waals surface area contributed by atoms with Gasteiger partial charge in [0.25, 0.3) is 0 Å². The molecule has 42 heavy (non-hydrogen) atoms. The van der Waals surface area contributed by atoms with Gasteiger partial charge in [-0.15, -0.1) is 0 Å². The van der Waals surface area contributed by atoms with Gasteiger partial charge >= 0.3 is 6.09 Å². The SMILES string of the molecule is COc1ncc(-c2nc3cc(F)c(F)cc3[nH]2)c(N2CCC(NC(=O)OC(C)(C)C)CC2)c1-c1cc(F)ccc1C=O. The van der Waals surface area contributed by atoms with Crippen molar-refractivity contribution in [3.05, 3.63) is 59.5 Å². The van der Waals surface area contributed by atoms with Crippen molar-refractivity contribution in [1.29, 1.82) is 0 Å². The number of ether oxygens (including phenoxy) is 2. The number of halogens is 3. The molecule has 5 rings (SSSR count). The number of methoxy groups -OCH3 is 1. The molecule has 0 radical (unpaired) electrons. The molecule has 9 nitrogen and oxygen atoms in total. The van der Waals surface area contributed by atoms with E-state index in [4.69, 9.17) is 9.47 Å². The maximum absolute atomic E-state index is 14.6. The number of aromatic nitrogens is 3. The average Bonchev–Trinajstić information content (AvgIpc) is 3.34. The number of rotatable bonds is 6. The highest BCUT2D eigenvalue weighted by Gasteiger charge is 2.30. The zero-order valence-corrected chi connectivity index (χ0v) is 23.6. The number of nitrogens with zero attached hydrogens (tertiary/aromatic N) is 3. The molecule has 2 aromatic heterocycles. The second-order valence-electron chi connectivity index (χ2n) is 11.0. The zero-order valence-electron chi connectivity index (χ0n) is 23.6. The van der Waals surface area contributed by atoms with Crippen LogP contribution in [0.25, 0.3) is 33.5 Å². The van der Waals surface area contributed by atoms with Crippen LogP contribution in [-0.4, -0.2) is 59.2 Å². The van der Waals surface area contributed by atoms with Crippen LogP contribution in [0, 0.1) is 17.5 Å². The van der Waals surface area contributed by atoms with E-state index in [1.807, 2.05) is 4.90 Å². The number of imidazole rings is 1. The molecule has 0 unspecified atom stereocenters. The lowest BCUT2D eigenvalue weighted by Gasteiger charge is -2.36. The van der Waals surface area contributed by atoms with Crippen LogP contribution in [0.1, 0.15) is 44.0 Å². The van der Waals surface area contributed by atoms with Crippen molar-refractivity contribution >= 4 is 29.1 Å². The quantitative estimate of drug-likeness (QED) is 0.268. The summed E-state index contributed by atoms with van der Waals surface area (Å²) >= 11 is 0. The van der Waals surface area contributed by atoms with Gasteiger partial charge in [0.05, 0.1) is 35.0 Å². The van der Waals surface area contributed by atoms with Gasteiger partial charge < -0.3 is 24.7 Å². The number of aromatic amines is 1. The predicted octanol–water partition coefficient (Wildman–Crippen LogP) is 6.02. The number of benzene rings is 2. The Balaban J connectivity index is 1.62. The Bertz CT molecular complexity index is 1620. The fourth-order valence-corrected chi connectivity index (χ4v) is 5.09. The van der Waals surface area contributed by atoms with Crippen LogP contribution in [0.15, 0.2) is 36.5 Å². The molecule has 12 heteroatoms. The minimum Gasteiger partial charge on any atom is -0.480 e. The molecular weight excluding hydrogens is 551 g/mol. The van der Waals surface area contributed by atoms with E-state index in [-0.39, 0.29) is 39.9 Å². The molecule has 3 heterocycles. The Labute approximate surface area is 240 Å². The van der Waals surface area contributed by atoms with Crippen LogP contribution in [-0.2, 0) is 4.74 Å². The van der Waals surface area contributed by atoms with Crippen molar-refractivity contribution in [2.45, 2.75) is 45.3 Å². The summed E-state index contributed by atoms with van der Waals surface area (Å²) < 4.78 is 53.5. The number of H-pyrrole nitrogens is 1. The number of aldehydes is 1. The van der Waals surface area contributed by atoms with Gasteiger partial charge in [-0.2, -0.15) is 0 Å². The number of piperidine rings is 1. The minimum atomic E-state index is -1.04. The van der Waals surface area contributed by atoms with E-state index in [1.165, 1.54) is 31.5 Å². The number of alkyl carbamates (subject to hydrolysis) is 1. The molecule has 4 aromatic rings. The molecule has 0 atom stereocenters. The fraction of sp³-hybridized carbons (Fsp3) is 0.333. The molecule has 1 fully saturated rings. The van der Waals surface area contributed by atoms with Gasteiger partial charge in [0.1, 0.15) is 17.2 Å². The fourth-order valence-electron chi connectivity index (χ4n) is 5.09. The predicted molar refractivity (Wildman–Crippen MR) is 151 cm³/mol. The number of amides is 1. The highest BCUT2D eigenvalue weighted by molar-refractivity contribution is 5.98. The summed E-state index contributed by atoms with van der Waals surface area (Å²) in [4.78, 5) is 38.4. The van der Waals surface area contributed by atoms with Crippen molar-refractivity contribution in [3.8, 4) is 28.4 Å². The smallest absolute Gasteiger partial charge is 0.407 e. The molecule has 1 amide bonds. The first kappa shape index (κ1) is 28.9. The number of carbonyl (C=O) groups is 2. The Kier molecular flexibility index (Phi) is 7.81. The third-order valence-corrected chi connectivity index (χ3v) is 6.93. The molecule has 2 N–H and O–H groups in total. The summed E-state index contributed by atoms with van der Waals surface area (Å²) in [5, 5.41) is 2.91. The average molecular weight is 582 g/mol. The van der Waals surface area contributed by atoms with E-state index < -0.39 is 29.1 Å². The number of hydrogen-bond donors (Lipinski definition) is 2. The Morgan fingerprint density at radius 2 is 1.81 bits per heavy atom. The van der Waals surface area contributed by atoms with E-state index >= 15 is 0 Å². The summed E-state index contributed by atoms with van der Waals surface area (Å²) in [7, 11) is 1.42. The molecule has 1 saturated heterocycles. The van der Waals surface area contributed by atoms with Gasteiger partial charge in [-0.05, 0) is 51.8 Å². The van der Waals surface area contributed by atoms with Crippen molar-refractivity contribution in [3.63, 3.8) is 0 Å². The molecular formula is C30H30F3N5O4. The van der Waals surface area contributed by atoms with E-state index in [9.17, 15) is 22.8 Å².